The second-order valence-electron chi connectivity index (χ2n) is 9.91. The van der Waals surface area contributed by atoms with Gasteiger partial charge in [-0.1, -0.05) is 61.0 Å². The largest absolute Gasteiger partial charge is 0.325 e. The molecule has 4 aromatic carbocycles. The zero-order valence-corrected chi connectivity index (χ0v) is 25.0. The molecule has 43 heavy (non-hydrogen) atoms. The van der Waals surface area contributed by atoms with Crippen LogP contribution >= 0.6 is 11.8 Å². The van der Waals surface area contributed by atoms with Gasteiger partial charge in [0.25, 0.3) is 11.8 Å². The molecule has 0 aromatic heterocycles. The van der Waals surface area contributed by atoms with Crippen molar-refractivity contribution in [3.05, 3.63) is 131 Å². The fraction of sp³-hybridized carbons (Fsp3) is 0.143. The van der Waals surface area contributed by atoms with Gasteiger partial charge in [-0.25, -0.2) is 0 Å². The first-order valence-corrected chi connectivity index (χ1v) is 14.7. The minimum Gasteiger partial charge on any atom is -0.325 e. The first-order chi connectivity index (χ1) is 20.7. The van der Waals surface area contributed by atoms with Gasteiger partial charge in [0.15, 0.2) is 5.78 Å². The quantitative estimate of drug-likeness (QED) is 0.0979. The third-order valence-electron chi connectivity index (χ3n) is 6.51. The highest BCUT2D eigenvalue weighted by Gasteiger charge is 2.19. The zero-order valence-electron chi connectivity index (χ0n) is 24.2. The second-order valence-corrected chi connectivity index (χ2v) is 11.2. The topological polar surface area (TPSA) is 104 Å². The Labute approximate surface area is 255 Å². The van der Waals surface area contributed by atoms with Gasteiger partial charge in [-0.3, -0.25) is 19.2 Å². The molecule has 0 saturated carbocycles. The SMILES string of the molecule is CCC(Sc1cccc(NC(=O)/C(=C/c2ccc(C)cc2)NC(=O)c2ccccc2)c1)C(=O)Nc1ccc(C(C)=O)cc1. The molecule has 1 atom stereocenters. The van der Waals surface area contributed by atoms with Crippen LogP contribution in [0, 0.1) is 6.92 Å². The van der Waals surface area contributed by atoms with E-state index in [1.54, 1.807) is 72.8 Å². The first-order valence-electron chi connectivity index (χ1n) is 13.9. The van der Waals surface area contributed by atoms with Gasteiger partial charge in [-0.05, 0) is 86.5 Å². The van der Waals surface area contributed by atoms with E-state index in [9.17, 15) is 19.2 Å². The smallest absolute Gasteiger partial charge is 0.272 e. The second kappa shape index (κ2) is 14.8. The zero-order chi connectivity index (χ0) is 30.8. The van der Waals surface area contributed by atoms with Crippen molar-refractivity contribution in [2.45, 2.75) is 37.3 Å². The highest BCUT2D eigenvalue weighted by atomic mass is 32.2. The van der Waals surface area contributed by atoms with Gasteiger partial charge in [-0.2, -0.15) is 0 Å². The molecular weight excluding hydrogens is 558 g/mol. The van der Waals surface area contributed by atoms with Crippen LogP contribution in [0.1, 0.15) is 52.1 Å². The Morgan fingerprint density at radius 3 is 2.12 bits per heavy atom. The van der Waals surface area contributed by atoms with Crippen molar-refractivity contribution in [1.82, 2.24) is 5.32 Å². The molecule has 8 heteroatoms. The van der Waals surface area contributed by atoms with Gasteiger partial charge < -0.3 is 16.0 Å². The van der Waals surface area contributed by atoms with Gasteiger partial charge in [0.2, 0.25) is 5.91 Å². The number of benzene rings is 4. The molecule has 0 aliphatic rings. The molecule has 0 heterocycles. The number of thioether (sulfide) groups is 1. The van der Waals surface area contributed by atoms with Crippen molar-refractivity contribution in [2.75, 3.05) is 10.6 Å². The molecule has 7 nitrogen and oxygen atoms in total. The summed E-state index contributed by atoms with van der Waals surface area (Å²) in [4.78, 5) is 51.7. The summed E-state index contributed by atoms with van der Waals surface area (Å²) in [6.45, 7) is 5.40. The van der Waals surface area contributed by atoms with Crippen LogP contribution in [0.3, 0.4) is 0 Å². The summed E-state index contributed by atoms with van der Waals surface area (Å²) in [5, 5.41) is 8.16. The average Bonchev–Trinajstić information content (AvgIpc) is 3.01. The molecular formula is C35H33N3O4S. The van der Waals surface area contributed by atoms with Crippen molar-refractivity contribution in [3.8, 4) is 0 Å². The van der Waals surface area contributed by atoms with Crippen LogP contribution in [0.5, 0.6) is 0 Å². The number of nitrogens with one attached hydrogen (secondary N) is 3. The standard InChI is InChI=1S/C35H33N3O4S/c1-4-32(35(42)36-28-19-17-26(18-20-28)24(3)39)43-30-12-8-11-29(22-30)37-34(41)31(21-25-15-13-23(2)14-16-25)38-33(40)27-9-6-5-7-10-27/h5-22,32H,4H2,1-3H3,(H,36,42)(H,37,41)(H,38,40)/b31-21-. The van der Waals surface area contributed by atoms with Crippen molar-refractivity contribution in [3.63, 3.8) is 0 Å². The molecule has 0 spiro atoms. The molecule has 0 saturated heterocycles. The van der Waals surface area contributed by atoms with Crippen LogP contribution in [0.4, 0.5) is 11.4 Å². The van der Waals surface area contributed by atoms with E-state index in [-0.39, 0.29) is 22.6 Å². The maximum absolute atomic E-state index is 13.4. The predicted octanol–water partition coefficient (Wildman–Crippen LogP) is 7.12. The number of hydrogen-bond acceptors (Lipinski definition) is 5. The summed E-state index contributed by atoms with van der Waals surface area (Å²) in [7, 11) is 0. The summed E-state index contributed by atoms with van der Waals surface area (Å²) in [6, 6.07) is 30.3. The average molecular weight is 592 g/mol. The monoisotopic (exact) mass is 591 g/mol. The van der Waals surface area contributed by atoms with Gasteiger partial charge in [0.1, 0.15) is 5.70 Å². The van der Waals surface area contributed by atoms with E-state index in [0.29, 0.717) is 28.9 Å². The Morgan fingerprint density at radius 2 is 1.47 bits per heavy atom. The fourth-order valence-corrected chi connectivity index (χ4v) is 5.13. The number of hydrogen-bond donors (Lipinski definition) is 3. The van der Waals surface area contributed by atoms with Crippen LogP contribution in [0.2, 0.25) is 0 Å². The summed E-state index contributed by atoms with van der Waals surface area (Å²) < 4.78 is 0. The van der Waals surface area contributed by atoms with Crippen LogP contribution < -0.4 is 16.0 Å². The number of amides is 3. The number of anilines is 2. The van der Waals surface area contributed by atoms with Crippen molar-refractivity contribution in [2.24, 2.45) is 0 Å². The van der Waals surface area contributed by atoms with Gasteiger partial charge in [0.05, 0.1) is 5.25 Å². The maximum Gasteiger partial charge on any atom is 0.272 e. The normalized spacial score (nSPS) is 11.7. The van der Waals surface area contributed by atoms with Crippen LogP contribution in [0.15, 0.2) is 114 Å². The summed E-state index contributed by atoms with van der Waals surface area (Å²) in [5.74, 6) is -1.08. The van der Waals surface area contributed by atoms with Gasteiger partial charge in [0, 0.05) is 27.4 Å². The van der Waals surface area contributed by atoms with Gasteiger partial charge in [-0.15, -0.1) is 11.8 Å². The Balaban J connectivity index is 1.47. The van der Waals surface area contributed by atoms with E-state index >= 15 is 0 Å². The molecule has 4 rings (SSSR count). The lowest BCUT2D eigenvalue weighted by molar-refractivity contribution is -0.116. The first kappa shape index (κ1) is 31.0. The Morgan fingerprint density at radius 1 is 0.767 bits per heavy atom. The minimum absolute atomic E-state index is 0.0387. The minimum atomic E-state index is -0.481. The molecule has 0 fully saturated rings. The number of rotatable bonds is 11. The molecule has 4 aromatic rings. The number of aryl methyl sites for hydroxylation is 1. The molecule has 3 amide bonds. The molecule has 3 N–H and O–H groups in total. The fourth-order valence-electron chi connectivity index (χ4n) is 4.11. The van der Waals surface area contributed by atoms with Crippen LogP contribution in [-0.2, 0) is 9.59 Å². The van der Waals surface area contributed by atoms with Crippen LogP contribution in [0.25, 0.3) is 6.08 Å². The highest BCUT2D eigenvalue weighted by molar-refractivity contribution is 8.00. The third kappa shape index (κ3) is 9.02. The molecule has 0 aliphatic heterocycles. The van der Waals surface area contributed by atoms with Gasteiger partial charge >= 0.3 is 0 Å². The van der Waals surface area contributed by atoms with Crippen LogP contribution in [-0.4, -0.2) is 28.8 Å². The molecule has 0 bridgehead atoms. The van der Waals surface area contributed by atoms with E-state index in [2.05, 4.69) is 16.0 Å². The predicted molar refractivity (Wildman–Crippen MR) is 173 cm³/mol. The Bertz CT molecular complexity index is 1630. The van der Waals surface area contributed by atoms with Crippen molar-refractivity contribution < 1.29 is 19.2 Å². The lowest BCUT2D eigenvalue weighted by atomic mass is 10.1. The molecule has 1 unspecified atom stereocenters. The molecule has 0 aliphatic carbocycles. The van der Waals surface area contributed by atoms with E-state index in [1.165, 1.54) is 18.7 Å². The third-order valence-corrected chi connectivity index (χ3v) is 7.87. The summed E-state index contributed by atoms with van der Waals surface area (Å²) in [5.41, 5.74) is 4.08. The van der Waals surface area contributed by atoms with E-state index in [1.807, 2.05) is 50.2 Å². The maximum atomic E-state index is 13.4. The number of Topliss-reactive ketones (excluding diaryl/α,β-unsaturated/α-hetero) is 1. The molecule has 0 radical (unpaired) electrons. The lowest BCUT2D eigenvalue weighted by Crippen LogP contribution is -2.30. The number of carbonyl (C=O) groups excluding carboxylic acids is 4. The molecule has 218 valence electrons. The number of carbonyl (C=O) groups is 4. The van der Waals surface area contributed by atoms with E-state index in [4.69, 9.17) is 0 Å². The van der Waals surface area contributed by atoms with E-state index in [0.717, 1.165) is 16.0 Å². The summed E-state index contributed by atoms with van der Waals surface area (Å²) in [6.07, 6.45) is 2.21. The highest BCUT2D eigenvalue weighted by Crippen LogP contribution is 2.29. The lowest BCUT2D eigenvalue weighted by Gasteiger charge is -2.16. The number of ketones is 1. The van der Waals surface area contributed by atoms with Crippen molar-refractivity contribution in [1.29, 1.82) is 0 Å². The van der Waals surface area contributed by atoms with E-state index < -0.39 is 11.8 Å². The Hall–Kier alpha value is -4.95. The van der Waals surface area contributed by atoms with Crippen molar-refractivity contribution >= 4 is 52.7 Å². The summed E-state index contributed by atoms with van der Waals surface area (Å²) >= 11 is 1.38. The Kier molecular flexibility index (Phi) is 10.7.